The smallest absolute Gasteiger partial charge is 0.241 e. The molecule has 1 atom stereocenters. The van der Waals surface area contributed by atoms with Gasteiger partial charge in [0, 0.05) is 38.4 Å². The highest BCUT2D eigenvalue weighted by molar-refractivity contribution is 5.94. The lowest BCUT2D eigenvalue weighted by molar-refractivity contribution is -0.121. The van der Waals surface area contributed by atoms with E-state index in [1.54, 1.807) is 7.11 Å². The molecule has 2 aromatic carbocycles. The van der Waals surface area contributed by atoms with E-state index in [1.165, 1.54) is 5.56 Å². The Morgan fingerprint density at radius 1 is 1.04 bits per heavy atom. The summed E-state index contributed by atoms with van der Waals surface area (Å²) < 4.78 is 5.15. The van der Waals surface area contributed by atoms with Gasteiger partial charge < -0.3 is 15.0 Å². The Hall–Kier alpha value is -2.37. The van der Waals surface area contributed by atoms with Gasteiger partial charge >= 0.3 is 0 Å². The number of carbonyl (C=O) groups excluding carboxylic acids is 1. The van der Waals surface area contributed by atoms with Crippen molar-refractivity contribution in [3.05, 3.63) is 60.2 Å². The molecule has 3 rings (SSSR count). The van der Waals surface area contributed by atoms with Crippen LogP contribution in [-0.4, -0.2) is 61.6 Å². The van der Waals surface area contributed by atoms with Gasteiger partial charge in [0.2, 0.25) is 5.91 Å². The zero-order valence-corrected chi connectivity index (χ0v) is 16.2. The first kappa shape index (κ1) is 19.4. The average Bonchev–Trinajstić information content (AvgIpc) is 2.73. The molecular weight excluding hydrogens is 338 g/mol. The Morgan fingerprint density at radius 3 is 2.33 bits per heavy atom. The number of ether oxygens (including phenoxy) is 1. The summed E-state index contributed by atoms with van der Waals surface area (Å²) in [6.45, 7) is 6.92. The average molecular weight is 367 g/mol. The lowest BCUT2D eigenvalue weighted by atomic mass is 10.1. The van der Waals surface area contributed by atoms with Crippen LogP contribution >= 0.6 is 0 Å². The molecule has 5 heteroatoms. The molecule has 0 radical (unpaired) electrons. The van der Waals surface area contributed by atoms with Crippen molar-refractivity contribution in [2.75, 3.05) is 45.2 Å². The second-order valence-corrected chi connectivity index (χ2v) is 7.01. The fourth-order valence-electron chi connectivity index (χ4n) is 3.39. The molecule has 1 amide bonds. The molecule has 2 aromatic rings. The lowest BCUT2D eigenvalue weighted by Crippen LogP contribution is -2.53. The zero-order valence-electron chi connectivity index (χ0n) is 16.2. The quantitative estimate of drug-likeness (QED) is 0.817. The van der Waals surface area contributed by atoms with E-state index in [2.05, 4.69) is 45.4 Å². The molecule has 5 nitrogen and oxygen atoms in total. The predicted molar refractivity (Wildman–Crippen MR) is 109 cm³/mol. The third kappa shape index (κ3) is 5.55. The molecule has 0 saturated carbocycles. The summed E-state index contributed by atoms with van der Waals surface area (Å²) in [5.41, 5.74) is 2.18. The number of benzene rings is 2. The second-order valence-electron chi connectivity index (χ2n) is 7.01. The van der Waals surface area contributed by atoms with Crippen molar-refractivity contribution in [1.82, 2.24) is 9.80 Å². The van der Waals surface area contributed by atoms with Crippen LogP contribution < -0.4 is 10.1 Å². The highest BCUT2D eigenvalue weighted by atomic mass is 16.5. The Morgan fingerprint density at radius 2 is 1.70 bits per heavy atom. The van der Waals surface area contributed by atoms with Gasteiger partial charge in [0.15, 0.2) is 0 Å². The molecule has 0 unspecified atom stereocenters. The van der Waals surface area contributed by atoms with Crippen LogP contribution in [0.15, 0.2) is 54.6 Å². The van der Waals surface area contributed by atoms with Crippen molar-refractivity contribution >= 4 is 11.6 Å². The number of methoxy groups -OCH3 is 1. The number of rotatable bonds is 7. The minimum atomic E-state index is -0.136. The molecule has 0 spiro atoms. The Kier molecular flexibility index (Phi) is 6.85. The molecule has 1 N–H and O–H groups in total. The molecule has 0 bridgehead atoms. The number of nitrogens with zero attached hydrogens (tertiary/aromatic N) is 2. The molecule has 1 aliphatic rings. The molecular formula is C22H29N3O2. The predicted octanol–water partition coefficient (Wildman–Crippen LogP) is 2.88. The third-order valence-corrected chi connectivity index (χ3v) is 5.25. The van der Waals surface area contributed by atoms with Crippen molar-refractivity contribution in [2.24, 2.45) is 0 Å². The second kappa shape index (κ2) is 9.53. The van der Waals surface area contributed by atoms with Crippen LogP contribution in [0.25, 0.3) is 0 Å². The SMILES string of the molecule is COc1ccc(NC(=O)[C@@H](C)N2CCN(CCc3ccccc3)CC2)cc1. The van der Waals surface area contributed by atoms with Gasteiger partial charge in [0.1, 0.15) is 5.75 Å². The van der Waals surface area contributed by atoms with Crippen molar-refractivity contribution in [3.8, 4) is 5.75 Å². The summed E-state index contributed by atoms with van der Waals surface area (Å²) in [5, 5.41) is 3.00. The van der Waals surface area contributed by atoms with Gasteiger partial charge in [-0.25, -0.2) is 0 Å². The van der Waals surface area contributed by atoms with Crippen LogP contribution in [0, 0.1) is 0 Å². The van der Waals surface area contributed by atoms with E-state index in [4.69, 9.17) is 4.74 Å². The van der Waals surface area contributed by atoms with E-state index >= 15 is 0 Å². The number of hydrogen-bond acceptors (Lipinski definition) is 4. The Labute approximate surface area is 161 Å². The summed E-state index contributed by atoms with van der Waals surface area (Å²) in [5.74, 6) is 0.825. The van der Waals surface area contributed by atoms with E-state index in [9.17, 15) is 4.79 Å². The van der Waals surface area contributed by atoms with Gasteiger partial charge in [-0.15, -0.1) is 0 Å². The summed E-state index contributed by atoms with van der Waals surface area (Å²) in [6, 6.07) is 17.9. The maximum atomic E-state index is 12.6. The van der Waals surface area contributed by atoms with E-state index in [0.717, 1.165) is 50.6 Å². The lowest BCUT2D eigenvalue weighted by Gasteiger charge is -2.37. The van der Waals surface area contributed by atoms with Crippen molar-refractivity contribution < 1.29 is 9.53 Å². The molecule has 1 aliphatic heterocycles. The normalized spacial score (nSPS) is 16.7. The van der Waals surface area contributed by atoms with Crippen molar-refractivity contribution in [1.29, 1.82) is 0 Å². The van der Waals surface area contributed by atoms with E-state index in [1.807, 2.05) is 31.2 Å². The molecule has 0 aromatic heterocycles. The molecule has 1 heterocycles. The number of nitrogens with one attached hydrogen (secondary N) is 1. The van der Waals surface area contributed by atoms with Crippen LogP contribution in [0.4, 0.5) is 5.69 Å². The van der Waals surface area contributed by atoms with Crippen LogP contribution in [-0.2, 0) is 11.2 Å². The van der Waals surface area contributed by atoms with E-state index in [0.29, 0.717) is 0 Å². The van der Waals surface area contributed by atoms with Crippen molar-refractivity contribution in [2.45, 2.75) is 19.4 Å². The highest BCUT2D eigenvalue weighted by Crippen LogP contribution is 2.16. The first-order chi connectivity index (χ1) is 13.2. The van der Waals surface area contributed by atoms with E-state index in [-0.39, 0.29) is 11.9 Å². The van der Waals surface area contributed by atoms with Gasteiger partial charge in [-0.3, -0.25) is 9.69 Å². The summed E-state index contributed by atoms with van der Waals surface area (Å²) in [7, 11) is 1.63. The van der Waals surface area contributed by atoms with Crippen LogP contribution in [0.1, 0.15) is 12.5 Å². The van der Waals surface area contributed by atoms with Crippen molar-refractivity contribution in [3.63, 3.8) is 0 Å². The minimum Gasteiger partial charge on any atom is -0.497 e. The number of piperazine rings is 1. The molecule has 0 aliphatic carbocycles. The van der Waals surface area contributed by atoms with Gasteiger partial charge in [0.25, 0.3) is 0 Å². The van der Waals surface area contributed by atoms with Gasteiger partial charge in [0.05, 0.1) is 13.2 Å². The molecule has 144 valence electrons. The van der Waals surface area contributed by atoms with Crippen LogP contribution in [0.3, 0.4) is 0 Å². The maximum absolute atomic E-state index is 12.6. The number of hydrogen-bond donors (Lipinski definition) is 1. The highest BCUT2D eigenvalue weighted by Gasteiger charge is 2.25. The fraction of sp³-hybridized carbons (Fsp3) is 0.409. The summed E-state index contributed by atoms with van der Waals surface area (Å²) in [6.07, 6.45) is 1.08. The van der Waals surface area contributed by atoms with Gasteiger partial charge in [-0.05, 0) is 43.2 Å². The first-order valence-electron chi connectivity index (χ1n) is 9.61. The topological polar surface area (TPSA) is 44.8 Å². The zero-order chi connectivity index (χ0) is 19.1. The van der Waals surface area contributed by atoms with Gasteiger partial charge in [-0.1, -0.05) is 30.3 Å². The summed E-state index contributed by atoms with van der Waals surface area (Å²) >= 11 is 0. The monoisotopic (exact) mass is 367 g/mol. The third-order valence-electron chi connectivity index (χ3n) is 5.25. The van der Waals surface area contributed by atoms with Crippen LogP contribution in [0.2, 0.25) is 0 Å². The number of anilines is 1. The number of carbonyl (C=O) groups is 1. The largest absolute Gasteiger partial charge is 0.497 e. The standard InChI is InChI=1S/C22H29N3O2/c1-18(22(26)23-20-8-10-21(27-2)11-9-20)25-16-14-24(15-17-25)13-12-19-6-4-3-5-7-19/h3-11,18H,12-17H2,1-2H3,(H,23,26)/t18-/m1/s1. The first-order valence-corrected chi connectivity index (χ1v) is 9.61. The van der Waals surface area contributed by atoms with E-state index < -0.39 is 0 Å². The minimum absolute atomic E-state index is 0.0397. The maximum Gasteiger partial charge on any atom is 0.241 e. The molecule has 1 saturated heterocycles. The van der Waals surface area contributed by atoms with Gasteiger partial charge in [-0.2, -0.15) is 0 Å². The Balaban J connectivity index is 1.43. The van der Waals surface area contributed by atoms with Crippen LogP contribution in [0.5, 0.6) is 5.75 Å². The Bertz CT molecular complexity index is 710. The molecule has 27 heavy (non-hydrogen) atoms. The number of amides is 1. The fourth-order valence-corrected chi connectivity index (χ4v) is 3.39. The summed E-state index contributed by atoms with van der Waals surface area (Å²) in [4.78, 5) is 17.3. The molecule has 1 fully saturated rings.